The molecule has 170 valence electrons. The van der Waals surface area contributed by atoms with Gasteiger partial charge in [0.2, 0.25) is 6.79 Å². The van der Waals surface area contributed by atoms with Crippen molar-refractivity contribution >= 4 is 29.6 Å². The number of rotatable bonds is 4. The number of halogens is 2. The molecule has 0 aliphatic carbocycles. The molecule has 8 nitrogen and oxygen atoms in total. The van der Waals surface area contributed by atoms with Crippen LogP contribution in [0.2, 0.25) is 0 Å². The summed E-state index contributed by atoms with van der Waals surface area (Å²) in [5, 5.41) is 9.47. The van der Waals surface area contributed by atoms with E-state index in [4.69, 9.17) is 9.47 Å². The molecule has 0 atom stereocenters. The molecule has 10 heteroatoms. The highest BCUT2D eigenvalue weighted by Crippen LogP contribution is 2.34. The number of hydrogen-bond acceptors (Lipinski definition) is 5. The first-order valence-electron chi connectivity index (χ1n) is 10.1. The number of imidazole rings is 1. The first-order valence-corrected chi connectivity index (χ1v) is 10.1. The van der Waals surface area contributed by atoms with E-state index < -0.39 is 11.7 Å². The number of pyridine rings is 1. The van der Waals surface area contributed by atoms with Crippen molar-refractivity contribution in [3.05, 3.63) is 84.7 Å². The molecule has 0 bridgehead atoms. The molecule has 34 heavy (non-hydrogen) atoms. The molecule has 4 heterocycles. The Bertz CT molecular complexity index is 1520. The lowest BCUT2D eigenvalue weighted by Gasteiger charge is -2.09. The van der Waals surface area contributed by atoms with Gasteiger partial charge < -0.3 is 14.8 Å². The quantitative estimate of drug-likeness (QED) is 0.382. The number of nitrogens with one attached hydrogen (secondary N) is 2. The fourth-order valence-electron chi connectivity index (χ4n) is 3.80. The Balaban J connectivity index is 0.00000241. The van der Waals surface area contributed by atoms with Crippen LogP contribution in [-0.2, 0) is 0 Å². The van der Waals surface area contributed by atoms with Gasteiger partial charge in [0, 0.05) is 40.8 Å². The number of benzene rings is 2. The van der Waals surface area contributed by atoms with Gasteiger partial charge in [0.1, 0.15) is 11.5 Å². The van der Waals surface area contributed by atoms with Crippen LogP contribution < -0.4 is 14.8 Å². The topological polar surface area (TPSA) is 93.5 Å². The Hall–Kier alpha value is -4.37. The number of carbonyl (C=O) groups excluding carboxylic acids is 1. The minimum atomic E-state index is -0.633. The van der Waals surface area contributed by atoms with Gasteiger partial charge in [0.15, 0.2) is 11.5 Å². The van der Waals surface area contributed by atoms with E-state index in [2.05, 4.69) is 20.5 Å². The third kappa shape index (κ3) is 3.71. The number of ether oxygens (including phenoxy) is 2. The van der Waals surface area contributed by atoms with Crippen molar-refractivity contribution in [1.82, 2.24) is 19.6 Å². The molecule has 1 aliphatic heterocycles. The molecule has 0 spiro atoms. The average Bonchev–Trinajstić information content (AvgIpc) is 3.58. The predicted octanol–water partition coefficient (Wildman–Crippen LogP) is 4.93. The number of aromatic amines is 1. The molecule has 2 N–H and O–H groups in total. The number of hydrogen-bond donors (Lipinski definition) is 2. The summed E-state index contributed by atoms with van der Waals surface area (Å²) in [7, 11) is 0. The van der Waals surface area contributed by atoms with E-state index in [1.54, 1.807) is 42.9 Å². The summed E-state index contributed by atoms with van der Waals surface area (Å²) < 4.78 is 27.4. The summed E-state index contributed by atoms with van der Waals surface area (Å²) in [5.74, 6) is -0.0523. The molecule has 1 amide bonds. The summed E-state index contributed by atoms with van der Waals surface area (Å²) in [6.07, 6.45) is 7.12. The van der Waals surface area contributed by atoms with Gasteiger partial charge in [0.05, 0.1) is 23.7 Å². The van der Waals surface area contributed by atoms with E-state index in [0.717, 1.165) is 16.8 Å². The molecule has 3 aromatic heterocycles. The van der Waals surface area contributed by atoms with E-state index in [0.29, 0.717) is 28.4 Å². The Kier molecular flexibility index (Phi) is 5.39. The second-order valence-electron chi connectivity index (χ2n) is 7.49. The molecule has 0 saturated carbocycles. The molecule has 5 aromatic rings. The van der Waals surface area contributed by atoms with Crippen LogP contribution in [0.3, 0.4) is 0 Å². The SMILES string of the molecule is Cl.O=C(Nc1ccc2c(c1)OCO2)c1ccc(-c2cnc3ccc(-c4cn[nH]c4)cn23)cc1F. The summed E-state index contributed by atoms with van der Waals surface area (Å²) in [4.78, 5) is 17.1. The standard InChI is InChI=1S/C24H16FN5O3.ClH/c25-19-7-14(20-11-26-23-6-2-15(12-30(20)23)16-9-27-28-10-16)1-4-18(19)24(31)29-17-3-5-21-22(8-17)33-13-32-21;/h1-12H,13H2,(H,27,28)(H,29,31);1H. The molecule has 2 aromatic carbocycles. The predicted molar refractivity (Wildman–Crippen MR) is 126 cm³/mol. The van der Waals surface area contributed by atoms with Crippen LogP contribution in [0.1, 0.15) is 10.4 Å². The van der Waals surface area contributed by atoms with Gasteiger partial charge in [0.25, 0.3) is 5.91 Å². The Morgan fingerprint density at radius 1 is 1.00 bits per heavy atom. The molecule has 0 unspecified atom stereocenters. The molecule has 1 aliphatic rings. The van der Waals surface area contributed by atoms with Crippen LogP contribution in [0.25, 0.3) is 28.0 Å². The second-order valence-corrected chi connectivity index (χ2v) is 7.49. The number of fused-ring (bicyclic) bond motifs is 2. The van der Waals surface area contributed by atoms with Crippen molar-refractivity contribution in [3.8, 4) is 33.9 Å². The van der Waals surface area contributed by atoms with Crippen molar-refractivity contribution in [1.29, 1.82) is 0 Å². The van der Waals surface area contributed by atoms with E-state index in [-0.39, 0.29) is 24.8 Å². The molecule has 0 saturated heterocycles. The van der Waals surface area contributed by atoms with Crippen molar-refractivity contribution < 1.29 is 18.7 Å². The lowest BCUT2D eigenvalue weighted by molar-refractivity contribution is 0.102. The van der Waals surface area contributed by atoms with Gasteiger partial charge in [-0.1, -0.05) is 6.07 Å². The van der Waals surface area contributed by atoms with E-state index >= 15 is 0 Å². The van der Waals surface area contributed by atoms with Crippen LogP contribution in [0, 0.1) is 5.82 Å². The van der Waals surface area contributed by atoms with Gasteiger partial charge in [-0.15, -0.1) is 12.4 Å². The van der Waals surface area contributed by atoms with Gasteiger partial charge in [-0.05, 0) is 36.4 Å². The number of anilines is 1. The smallest absolute Gasteiger partial charge is 0.258 e. The van der Waals surface area contributed by atoms with E-state index in [1.165, 1.54) is 12.1 Å². The monoisotopic (exact) mass is 477 g/mol. The maximum atomic E-state index is 15.0. The van der Waals surface area contributed by atoms with Crippen molar-refractivity contribution in [2.24, 2.45) is 0 Å². The number of carbonyl (C=O) groups is 1. The maximum absolute atomic E-state index is 15.0. The summed E-state index contributed by atoms with van der Waals surface area (Å²) in [6.45, 7) is 0.135. The van der Waals surface area contributed by atoms with Crippen LogP contribution >= 0.6 is 12.4 Å². The zero-order valence-electron chi connectivity index (χ0n) is 17.5. The van der Waals surface area contributed by atoms with Crippen molar-refractivity contribution in [2.75, 3.05) is 12.1 Å². The first-order chi connectivity index (χ1) is 16.2. The second kappa shape index (κ2) is 8.53. The maximum Gasteiger partial charge on any atom is 0.258 e. The highest BCUT2D eigenvalue weighted by Gasteiger charge is 2.18. The third-order valence-electron chi connectivity index (χ3n) is 5.48. The van der Waals surface area contributed by atoms with E-state index in [9.17, 15) is 9.18 Å². The first kappa shape index (κ1) is 21.5. The van der Waals surface area contributed by atoms with Crippen molar-refractivity contribution in [3.63, 3.8) is 0 Å². The summed E-state index contributed by atoms with van der Waals surface area (Å²) in [5.41, 5.74) is 4.32. The minimum absolute atomic E-state index is 0. The highest BCUT2D eigenvalue weighted by atomic mass is 35.5. The largest absolute Gasteiger partial charge is 0.454 e. The molecular formula is C24H17ClFN5O3. The third-order valence-corrected chi connectivity index (χ3v) is 5.48. The Morgan fingerprint density at radius 2 is 1.85 bits per heavy atom. The van der Waals surface area contributed by atoms with Gasteiger partial charge in [-0.2, -0.15) is 5.10 Å². The highest BCUT2D eigenvalue weighted by molar-refractivity contribution is 6.04. The fourth-order valence-corrected chi connectivity index (χ4v) is 3.80. The number of amides is 1. The Morgan fingerprint density at radius 3 is 2.68 bits per heavy atom. The van der Waals surface area contributed by atoms with Crippen molar-refractivity contribution in [2.45, 2.75) is 0 Å². The zero-order chi connectivity index (χ0) is 22.4. The van der Waals surface area contributed by atoms with Crippen LogP contribution in [0.5, 0.6) is 11.5 Å². The Labute approximate surface area is 198 Å². The normalized spacial score (nSPS) is 11.9. The van der Waals surface area contributed by atoms with Crippen LogP contribution in [-0.4, -0.2) is 32.3 Å². The number of nitrogens with zero attached hydrogens (tertiary/aromatic N) is 3. The summed E-state index contributed by atoms with van der Waals surface area (Å²) in [6, 6.07) is 13.3. The average molecular weight is 478 g/mol. The molecule has 6 rings (SSSR count). The molecule has 0 fully saturated rings. The van der Waals surface area contributed by atoms with E-state index in [1.807, 2.05) is 22.7 Å². The number of H-pyrrole nitrogens is 1. The number of aromatic nitrogens is 4. The molecule has 0 radical (unpaired) electrons. The minimum Gasteiger partial charge on any atom is -0.454 e. The van der Waals surface area contributed by atoms with Gasteiger partial charge in [-0.25, -0.2) is 9.37 Å². The lowest BCUT2D eigenvalue weighted by atomic mass is 10.1. The summed E-state index contributed by atoms with van der Waals surface area (Å²) >= 11 is 0. The fraction of sp³-hybridized carbons (Fsp3) is 0.0417. The van der Waals surface area contributed by atoms with Crippen LogP contribution in [0.15, 0.2) is 73.3 Å². The van der Waals surface area contributed by atoms with Gasteiger partial charge in [-0.3, -0.25) is 14.3 Å². The van der Waals surface area contributed by atoms with Crippen LogP contribution in [0.4, 0.5) is 10.1 Å². The molecular weight excluding hydrogens is 461 g/mol. The lowest BCUT2D eigenvalue weighted by Crippen LogP contribution is -2.13. The zero-order valence-corrected chi connectivity index (χ0v) is 18.3. The van der Waals surface area contributed by atoms with Gasteiger partial charge >= 0.3 is 0 Å².